The van der Waals surface area contributed by atoms with Gasteiger partial charge in [-0.05, 0) is 24.8 Å². The monoisotopic (exact) mass is 143 g/mol. The molecule has 10 heavy (non-hydrogen) atoms. The second kappa shape index (κ2) is 3.94. The Morgan fingerprint density at radius 2 is 2.30 bits per heavy atom. The van der Waals surface area contributed by atoms with Crippen LogP contribution in [-0.4, -0.2) is 24.8 Å². The molecule has 2 heteroatoms. The lowest BCUT2D eigenvalue weighted by Crippen LogP contribution is -2.34. The van der Waals surface area contributed by atoms with Crippen LogP contribution in [0.2, 0.25) is 0 Å². The van der Waals surface area contributed by atoms with Gasteiger partial charge >= 0.3 is 0 Å². The standard InChI is InChI=1S/C8H17NO/c1-7-2-3-8(7)6-9-4-5-10/h7-10H,2-6H2,1H3/t7-,8-/m0/s1. The fraction of sp³-hybridized carbons (Fsp3) is 1.00. The van der Waals surface area contributed by atoms with Crippen LogP contribution in [0.25, 0.3) is 0 Å². The number of aliphatic hydroxyl groups is 1. The van der Waals surface area contributed by atoms with E-state index in [0.29, 0.717) is 0 Å². The third-order valence-corrected chi connectivity index (χ3v) is 2.49. The molecular weight excluding hydrogens is 126 g/mol. The Morgan fingerprint density at radius 1 is 1.50 bits per heavy atom. The minimum absolute atomic E-state index is 0.265. The lowest BCUT2D eigenvalue weighted by Gasteiger charge is -2.33. The van der Waals surface area contributed by atoms with Crippen LogP contribution in [0.5, 0.6) is 0 Å². The summed E-state index contributed by atoms with van der Waals surface area (Å²) in [7, 11) is 0. The first-order valence-corrected chi connectivity index (χ1v) is 4.16. The molecule has 0 amide bonds. The minimum atomic E-state index is 0.265. The molecule has 1 saturated carbocycles. The molecule has 0 radical (unpaired) electrons. The Kier molecular flexibility index (Phi) is 3.16. The average Bonchev–Trinajstić information content (AvgIpc) is 1.95. The molecule has 1 fully saturated rings. The highest BCUT2D eigenvalue weighted by Gasteiger charge is 2.25. The van der Waals surface area contributed by atoms with Crippen molar-refractivity contribution >= 4 is 0 Å². The van der Waals surface area contributed by atoms with Gasteiger partial charge in [0.2, 0.25) is 0 Å². The zero-order chi connectivity index (χ0) is 7.40. The zero-order valence-corrected chi connectivity index (χ0v) is 6.64. The van der Waals surface area contributed by atoms with Crippen molar-refractivity contribution in [2.75, 3.05) is 19.7 Å². The molecular formula is C8H17NO. The number of aliphatic hydroxyl groups excluding tert-OH is 1. The average molecular weight is 143 g/mol. The smallest absolute Gasteiger partial charge is 0.0555 e. The first kappa shape index (κ1) is 8.02. The van der Waals surface area contributed by atoms with E-state index in [1.54, 1.807) is 0 Å². The molecule has 0 saturated heterocycles. The number of hydrogen-bond acceptors (Lipinski definition) is 2. The molecule has 1 aliphatic carbocycles. The van der Waals surface area contributed by atoms with E-state index >= 15 is 0 Å². The summed E-state index contributed by atoms with van der Waals surface area (Å²) in [5.41, 5.74) is 0. The quantitative estimate of drug-likeness (QED) is 0.565. The van der Waals surface area contributed by atoms with Crippen molar-refractivity contribution < 1.29 is 5.11 Å². The summed E-state index contributed by atoms with van der Waals surface area (Å²) in [4.78, 5) is 0. The van der Waals surface area contributed by atoms with Gasteiger partial charge in [-0.1, -0.05) is 13.3 Å². The van der Waals surface area contributed by atoms with E-state index < -0.39 is 0 Å². The van der Waals surface area contributed by atoms with Gasteiger partial charge in [-0.3, -0.25) is 0 Å². The van der Waals surface area contributed by atoms with Gasteiger partial charge in [0.25, 0.3) is 0 Å². The second-order valence-corrected chi connectivity index (χ2v) is 3.24. The lowest BCUT2D eigenvalue weighted by molar-refractivity contribution is 0.186. The van der Waals surface area contributed by atoms with Crippen molar-refractivity contribution in [2.45, 2.75) is 19.8 Å². The van der Waals surface area contributed by atoms with E-state index in [0.717, 1.165) is 24.9 Å². The van der Waals surface area contributed by atoms with Crippen LogP contribution in [0.15, 0.2) is 0 Å². The molecule has 2 atom stereocenters. The molecule has 0 aromatic rings. The third kappa shape index (κ3) is 1.96. The van der Waals surface area contributed by atoms with Gasteiger partial charge in [0.15, 0.2) is 0 Å². The number of hydrogen-bond donors (Lipinski definition) is 2. The van der Waals surface area contributed by atoms with Crippen LogP contribution in [-0.2, 0) is 0 Å². The molecule has 0 spiro atoms. The Morgan fingerprint density at radius 3 is 2.70 bits per heavy atom. The van der Waals surface area contributed by atoms with Gasteiger partial charge in [0.05, 0.1) is 6.61 Å². The fourth-order valence-electron chi connectivity index (χ4n) is 1.41. The van der Waals surface area contributed by atoms with Crippen molar-refractivity contribution in [3.05, 3.63) is 0 Å². The predicted octanol–water partition coefficient (Wildman–Crippen LogP) is 0.614. The Balaban J connectivity index is 1.92. The summed E-state index contributed by atoms with van der Waals surface area (Å²) in [5, 5.41) is 11.7. The van der Waals surface area contributed by atoms with E-state index in [1.165, 1.54) is 12.8 Å². The molecule has 0 unspecified atom stereocenters. The molecule has 60 valence electrons. The topological polar surface area (TPSA) is 32.3 Å². The van der Waals surface area contributed by atoms with Crippen molar-refractivity contribution in [3.8, 4) is 0 Å². The first-order valence-electron chi connectivity index (χ1n) is 4.16. The van der Waals surface area contributed by atoms with E-state index in [2.05, 4.69) is 12.2 Å². The maximum absolute atomic E-state index is 8.47. The molecule has 0 aromatic heterocycles. The maximum atomic E-state index is 8.47. The van der Waals surface area contributed by atoms with Crippen molar-refractivity contribution in [3.63, 3.8) is 0 Å². The van der Waals surface area contributed by atoms with Crippen LogP contribution < -0.4 is 5.32 Å². The molecule has 2 N–H and O–H groups in total. The van der Waals surface area contributed by atoms with Gasteiger partial charge in [-0.2, -0.15) is 0 Å². The molecule has 2 nitrogen and oxygen atoms in total. The van der Waals surface area contributed by atoms with Gasteiger partial charge < -0.3 is 10.4 Å². The van der Waals surface area contributed by atoms with Crippen LogP contribution in [0.3, 0.4) is 0 Å². The van der Waals surface area contributed by atoms with Crippen LogP contribution in [0, 0.1) is 11.8 Å². The Labute approximate surface area is 62.6 Å². The van der Waals surface area contributed by atoms with Crippen molar-refractivity contribution in [2.24, 2.45) is 11.8 Å². The Hall–Kier alpha value is -0.0800. The minimum Gasteiger partial charge on any atom is -0.395 e. The highest BCUT2D eigenvalue weighted by Crippen LogP contribution is 2.32. The third-order valence-electron chi connectivity index (χ3n) is 2.49. The summed E-state index contributed by atoms with van der Waals surface area (Å²) < 4.78 is 0. The maximum Gasteiger partial charge on any atom is 0.0555 e. The van der Waals surface area contributed by atoms with Crippen LogP contribution >= 0.6 is 0 Å². The largest absolute Gasteiger partial charge is 0.395 e. The second-order valence-electron chi connectivity index (χ2n) is 3.24. The summed E-state index contributed by atoms with van der Waals surface area (Å²) in [6.45, 7) is 4.42. The zero-order valence-electron chi connectivity index (χ0n) is 6.64. The molecule has 0 aliphatic heterocycles. The van der Waals surface area contributed by atoms with E-state index in [9.17, 15) is 0 Å². The van der Waals surface area contributed by atoms with E-state index in [1.807, 2.05) is 0 Å². The lowest BCUT2D eigenvalue weighted by atomic mass is 9.75. The molecule has 0 heterocycles. The highest BCUT2D eigenvalue weighted by atomic mass is 16.3. The van der Waals surface area contributed by atoms with E-state index in [4.69, 9.17) is 5.11 Å². The van der Waals surface area contributed by atoms with E-state index in [-0.39, 0.29) is 6.61 Å². The molecule has 0 bridgehead atoms. The van der Waals surface area contributed by atoms with Gasteiger partial charge in [0.1, 0.15) is 0 Å². The highest BCUT2D eigenvalue weighted by molar-refractivity contribution is 4.78. The summed E-state index contributed by atoms with van der Waals surface area (Å²) in [5.74, 6) is 1.79. The molecule has 1 aliphatic rings. The summed E-state index contributed by atoms with van der Waals surface area (Å²) in [6, 6.07) is 0. The van der Waals surface area contributed by atoms with Crippen molar-refractivity contribution in [1.82, 2.24) is 5.32 Å². The Bertz CT molecular complexity index is 95.3. The number of rotatable bonds is 4. The van der Waals surface area contributed by atoms with Gasteiger partial charge in [0, 0.05) is 6.54 Å². The predicted molar refractivity (Wildman–Crippen MR) is 41.8 cm³/mol. The van der Waals surface area contributed by atoms with Crippen molar-refractivity contribution in [1.29, 1.82) is 0 Å². The van der Waals surface area contributed by atoms with Crippen LogP contribution in [0.4, 0.5) is 0 Å². The molecule has 0 aromatic carbocycles. The normalized spacial score (nSPS) is 31.8. The number of nitrogens with one attached hydrogen (secondary N) is 1. The summed E-state index contributed by atoms with van der Waals surface area (Å²) >= 11 is 0. The SMILES string of the molecule is C[C@H]1CC[C@H]1CNCCO. The summed E-state index contributed by atoms with van der Waals surface area (Å²) in [6.07, 6.45) is 2.77. The van der Waals surface area contributed by atoms with Gasteiger partial charge in [-0.15, -0.1) is 0 Å². The van der Waals surface area contributed by atoms with Gasteiger partial charge in [-0.25, -0.2) is 0 Å². The first-order chi connectivity index (χ1) is 4.84. The fourth-order valence-corrected chi connectivity index (χ4v) is 1.41. The van der Waals surface area contributed by atoms with Crippen LogP contribution in [0.1, 0.15) is 19.8 Å². The molecule has 1 rings (SSSR count).